The minimum absolute atomic E-state index is 1.18. The Bertz CT molecular complexity index is 194. The first kappa shape index (κ1) is 5.96. The zero-order valence-electron chi connectivity index (χ0n) is 6.08. The summed E-state index contributed by atoms with van der Waals surface area (Å²) in [5.74, 6) is 0. The maximum absolute atomic E-state index is 4.11. The Labute approximate surface area is 60.9 Å². The van der Waals surface area contributed by atoms with Crippen molar-refractivity contribution in [3.05, 3.63) is 18.2 Å². The third-order valence-electron chi connectivity index (χ3n) is 2.13. The minimum Gasteiger partial charge on any atom is -0.335 e. The van der Waals surface area contributed by atoms with Crippen LogP contribution in [0.1, 0.15) is 25.0 Å². The number of fused-ring (bicyclic) bond motifs is 1. The Morgan fingerprint density at radius 3 is 3.30 bits per heavy atom. The fraction of sp³-hybridized carbons (Fsp3) is 0.625. The van der Waals surface area contributed by atoms with Crippen LogP contribution >= 0.6 is 0 Å². The second kappa shape index (κ2) is 2.45. The second-order valence-corrected chi connectivity index (χ2v) is 2.89. The summed E-state index contributed by atoms with van der Waals surface area (Å²) in [6.07, 6.45) is 9.20. The van der Waals surface area contributed by atoms with Crippen molar-refractivity contribution in [3.63, 3.8) is 0 Å². The van der Waals surface area contributed by atoms with Crippen molar-refractivity contribution in [2.24, 2.45) is 0 Å². The summed E-state index contributed by atoms with van der Waals surface area (Å²) in [6, 6.07) is 0. The maximum Gasteiger partial charge on any atom is 0.0948 e. The van der Waals surface area contributed by atoms with E-state index in [1.807, 2.05) is 12.5 Å². The summed E-state index contributed by atoms with van der Waals surface area (Å²) in [7, 11) is 0. The smallest absolute Gasteiger partial charge is 0.0948 e. The van der Waals surface area contributed by atoms with Crippen LogP contribution in [0.2, 0.25) is 0 Å². The molecule has 2 heteroatoms. The first-order valence-corrected chi connectivity index (χ1v) is 3.96. The molecule has 0 amide bonds. The molecule has 1 aromatic heterocycles. The highest BCUT2D eigenvalue weighted by Gasteiger charge is 2.05. The molecular weight excluding hydrogens is 124 g/mol. The van der Waals surface area contributed by atoms with Crippen LogP contribution in [0.5, 0.6) is 0 Å². The average Bonchev–Trinajstić information content (AvgIpc) is 2.28. The molecule has 0 bridgehead atoms. The summed E-state index contributed by atoms with van der Waals surface area (Å²) in [5, 5.41) is 0. The molecule has 1 aliphatic heterocycles. The molecule has 0 atom stereocenters. The van der Waals surface area contributed by atoms with Crippen LogP contribution < -0.4 is 0 Å². The lowest BCUT2D eigenvalue weighted by Gasteiger charge is -1.99. The Balaban J connectivity index is 2.28. The van der Waals surface area contributed by atoms with Gasteiger partial charge in [-0.25, -0.2) is 4.98 Å². The van der Waals surface area contributed by atoms with Gasteiger partial charge in [0, 0.05) is 18.4 Å². The summed E-state index contributed by atoms with van der Waals surface area (Å²) < 4.78 is 2.27. The fourth-order valence-corrected chi connectivity index (χ4v) is 1.52. The van der Waals surface area contributed by atoms with E-state index in [-0.39, 0.29) is 0 Å². The van der Waals surface area contributed by atoms with Gasteiger partial charge >= 0.3 is 0 Å². The molecule has 54 valence electrons. The van der Waals surface area contributed by atoms with Gasteiger partial charge in [0.2, 0.25) is 0 Å². The van der Waals surface area contributed by atoms with Crippen molar-refractivity contribution in [1.82, 2.24) is 9.55 Å². The molecule has 0 aromatic carbocycles. The van der Waals surface area contributed by atoms with Gasteiger partial charge in [-0.15, -0.1) is 0 Å². The number of hydrogen-bond acceptors (Lipinski definition) is 1. The van der Waals surface area contributed by atoms with Crippen molar-refractivity contribution >= 4 is 0 Å². The van der Waals surface area contributed by atoms with Crippen LogP contribution in [0.3, 0.4) is 0 Å². The first-order valence-electron chi connectivity index (χ1n) is 3.96. The van der Waals surface area contributed by atoms with Gasteiger partial charge in [0.25, 0.3) is 0 Å². The SMILES string of the molecule is c1ncn2c1CCCCC2. The number of aryl methyl sites for hydroxylation is 2. The van der Waals surface area contributed by atoms with Gasteiger partial charge in [0.15, 0.2) is 0 Å². The zero-order chi connectivity index (χ0) is 6.81. The zero-order valence-corrected chi connectivity index (χ0v) is 6.08. The number of rotatable bonds is 0. The summed E-state index contributed by atoms with van der Waals surface area (Å²) >= 11 is 0. The van der Waals surface area contributed by atoms with E-state index in [4.69, 9.17) is 0 Å². The van der Waals surface area contributed by atoms with E-state index in [0.29, 0.717) is 0 Å². The van der Waals surface area contributed by atoms with E-state index < -0.39 is 0 Å². The van der Waals surface area contributed by atoms with Crippen LogP contribution in [-0.4, -0.2) is 9.55 Å². The number of imidazole rings is 1. The first-order chi connectivity index (χ1) is 4.97. The van der Waals surface area contributed by atoms with E-state index >= 15 is 0 Å². The lowest BCUT2D eigenvalue weighted by molar-refractivity contribution is 0.632. The molecule has 10 heavy (non-hydrogen) atoms. The monoisotopic (exact) mass is 136 g/mol. The predicted octanol–water partition coefficient (Wildman–Crippen LogP) is 1.61. The Hall–Kier alpha value is -0.790. The maximum atomic E-state index is 4.11. The molecule has 0 N–H and O–H groups in total. The Morgan fingerprint density at radius 2 is 2.30 bits per heavy atom. The predicted molar refractivity (Wildman–Crippen MR) is 39.8 cm³/mol. The van der Waals surface area contributed by atoms with Crippen molar-refractivity contribution in [2.45, 2.75) is 32.2 Å². The lowest BCUT2D eigenvalue weighted by atomic mass is 10.2. The number of aromatic nitrogens is 2. The van der Waals surface area contributed by atoms with Gasteiger partial charge in [-0.3, -0.25) is 0 Å². The van der Waals surface area contributed by atoms with E-state index in [1.165, 1.54) is 37.9 Å². The molecule has 2 heterocycles. The number of hydrogen-bond donors (Lipinski definition) is 0. The Kier molecular flexibility index (Phi) is 1.46. The molecule has 0 radical (unpaired) electrons. The highest BCUT2D eigenvalue weighted by atomic mass is 15.0. The molecule has 0 saturated carbocycles. The van der Waals surface area contributed by atoms with Crippen molar-refractivity contribution in [3.8, 4) is 0 Å². The highest BCUT2D eigenvalue weighted by Crippen LogP contribution is 2.12. The summed E-state index contributed by atoms with van der Waals surface area (Å²) in [6.45, 7) is 1.18. The highest BCUT2D eigenvalue weighted by molar-refractivity contribution is 4.99. The van der Waals surface area contributed by atoms with Crippen LogP contribution in [0.25, 0.3) is 0 Å². The standard InChI is InChI=1S/C8H12N2/c1-2-4-8-6-9-7-10(8)5-3-1/h6-7H,1-5H2. The molecule has 2 nitrogen and oxygen atoms in total. The van der Waals surface area contributed by atoms with E-state index in [0.717, 1.165) is 0 Å². The van der Waals surface area contributed by atoms with E-state index in [1.54, 1.807) is 0 Å². The van der Waals surface area contributed by atoms with Gasteiger partial charge in [0.1, 0.15) is 0 Å². The number of nitrogens with zero attached hydrogens (tertiary/aromatic N) is 2. The van der Waals surface area contributed by atoms with Crippen molar-refractivity contribution in [2.75, 3.05) is 0 Å². The lowest BCUT2D eigenvalue weighted by Crippen LogP contribution is -1.96. The fourth-order valence-electron chi connectivity index (χ4n) is 1.52. The molecular formula is C8H12N2. The molecule has 2 rings (SSSR count). The summed E-state index contributed by atoms with van der Waals surface area (Å²) in [4.78, 5) is 4.11. The normalized spacial score (nSPS) is 18.0. The van der Waals surface area contributed by atoms with Crippen LogP contribution in [0.15, 0.2) is 12.5 Å². The Morgan fingerprint density at radius 1 is 1.30 bits per heavy atom. The van der Waals surface area contributed by atoms with Crippen LogP contribution in [-0.2, 0) is 13.0 Å². The van der Waals surface area contributed by atoms with Crippen molar-refractivity contribution < 1.29 is 0 Å². The van der Waals surface area contributed by atoms with E-state index in [9.17, 15) is 0 Å². The molecule has 1 aromatic rings. The third-order valence-corrected chi connectivity index (χ3v) is 2.13. The topological polar surface area (TPSA) is 17.8 Å². The van der Waals surface area contributed by atoms with Gasteiger partial charge < -0.3 is 4.57 Å². The van der Waals surface area contributed by atoms with Gasteiger partial charge in [-0.2, -0.15) is 0 Å². The molecule has 0 saturated heterocycles. The van der Waals surface area contributed by atoms with E-state index in [2.05, 4.69) is 9.55 Å². The quantitative estimate of drug-likeness (QED) is 0.529. The second-order valence-electron chi connectivity index (χ2n) is 2.89. The minimum atomic E-state index is 1.18. The van der Waals surface area contributed by atoms with Gasteiger partial charge in [-0.05, 0) is 19.3 Å². The molecule has 0 spiro atoms. The molecule has 0 unspecified atom stereocenters. The van der Waals surface area contributed by atoms with Crippen molar-refractivity contribution in [1.29, 1.82) is 0 Å². The third kappa shape index (κ3) is 0.939. The average molecular weight is 136 g/mol. The van der Waals surface area contributed by atoms with Gasteiger partial charge in [0.05, 0.1) is 6.33 Å². The van der Waals surface area contributed by atoms with Crippen LogP contribution in [0.4, 0.5) is 0 Å². The van der Waals surface area contributed by atoms with Crippen LogP contribution in [0, 0.1) is 0 Å². The molecule has 0 aliphatic carbocycles. The largest absolute Gasteiger partial charge is 0.335 e. The molecule has 0 fully saturated rings. The summed E-state index contributed by atoms with van der Waals surface area (Å²) in [5.41, 5.74) is 1.41. The van der Waals surface area contributed by atoms with Gasteiger partial charge in [-0.1, -0.05) is 6.42 Å². The molecule has 1 aliphatic rings.